The maximum atomic E-state index is 11.9. The number of aromatic nitrogens is 3. The molecule has 3 aromatic heterocycles. The Hall–Kier alpha value is -3.16. The van der Waals surface area contributed by atoms with Crippen molar-refractivity contribution in [3.8, 4) is 0 Å². The van der Waals surface area contributed by atoms with Gasteiger partial charge in [-0.25, -0.2) is 9.97 Å². The minimum absolute atomic E-state index is 0.216. The van der Waals surface area contributed by atoms with Gasteiger partial charge in [-0.05, 0) is 19.1 Å². The molecule has 0 unspecified atom stereocenters. The van der Waals surface area contributed by atoms with Crippen LogP contribution in [0.1, 0.15) is 22.0 Å². The highest BCUT2D eigenvalue weighted by Crippen LogP contribution is 2.13. The minimum atomic E-state index is -0.326. The van der Waals surface area contributed by atoms with E-state index < -0.39 is 0 Å². The Morgan fingerprint density at radius 3 is 2.82 bits per heavy atom. The third-order valence-corrected chi connectivity index (χ3v) is 2.77. The van der Waals surface area contributed by atoms with Crippen molar-refractivity contribution in [3.63, 3.8) is 0 Å². The number of anilines is 2. The average Bonchev–Trinajstić information content (AvgIpc) is 3.17. The molecule has 22 heavy (non-hydrogen) atoms. The van der Waals surface area contributed by atoms with Gasteiger partial charge < -0.3 is 19.6 Å². The largest absolute Gasteiger partial charge is 0.467 e. The fourth-order valence-electron chi connectivity index (χ4n) is 1.74. The van der Waals surface area contributed by atoms with Crippen molar-refractivity contribution in [2.45, 2.75) is 13.5 Å². The molecule has 3 heterocycles. The van der Waals surface area contributed by atoms with E-state index in [-0.39, 0.29) is 11.6 Å². The number of rotatable bonds is 5. The van der Waals surface area contributed by atoms with E-state index in [0.717, 1.165) is 0 Å². The lowest BCUT2D eigenvalue weighted by Gasteiger charge is -2.04. The lowest BCUT2D eigenvalue weighted by atomic mass is 10.4. The van der Waals surface area contributed by atoms with Gasteiger partial charge >= 0.3 is 0 Å². The van der Waals surface area contributed by atoms with Crippen LogP contribution in [0.5, 0.6) is 0 Å². The summed E-state index contributed by atoms with van der Waals surface area (Å²) in [5, 5.41) is 9.39. The summed E-state index contributed by atoms with van der Waals surface area (Å²) in [7, 11) is 0. The molecule has 0 aliphatic rings. The summed E-state index contributed by atoms with van der Waals surface area (Å²) in [5.41, 5.74) is 0.216. The van der Waals surface area contributed by atoms with Crippen LogP contribution in [-0.4, -0.2) is 21.0 Å². The molecule has 0 aliphatic heterocycles. The first kappa shape index (κ1) is 13.8. The predicted octanol–water partition coefficient (Wildman–Crippen LogP) is 2.04. The van der Waals surface area contributed by atoms with E-state index >= 15 is 0 Å². The van der Waals surface area contributed by atoms with Crippen LogP contribution < -0.4 is 10.6 Å². The first-order chi connectivity index (χ1) is 10.7. The molecule has 0 aliphatic carbocycles. The second kappa shape index (κ2) is 6.08. The first-order valence-corrected chi connectivity index (χ1v) is 6.54. The molecule has 3 aromatic rings. The fourth-order valence-corrected chi connectivity index (χ4v) is 1.74. The molecule has 0 radical (unpaired) electrons. The quantitative estimate of drug-likeness (QED) is 0.742. The summed E-state index contributed by atoms with van der Waals surface area (Å²) in [6.07, 6.45) is 4.38. The van der Waals surface area contributed by atoms with Gasteiger partial charge in [-0.2, -0.15) is 0 Å². The van der Waals surface area contributed by atoms with Crippen molar-refractivity contribution in [1.82, 2.24) is 20.4 Å². The normalized spacial score (nSPS) is 10.4. The van der Waals surface area contributed by atoms with Crippen molar-refractivity contribution >= 4 is 17.5 Å². The lowest BCUT2D eigenvalue weighted by Crippen LogP contribution is -2.23. The van der Waals surface area contributed by atoms with Crippen LogP contribution in [-0.2, 0) is 6.54 Å². The van der Waals surface area contributed by atoms with Crippen molar-refractivity contribution in [2.75, 3.05) is 5.32 Å². The summed E-state index contributed by atoms with van der Waals surface area (Å²) < 4.78 is 10.1. The van der Waals surface area contributed by atoms with E-state index in [1.165, 1.54) is 12.4 Å². The highest BCUT2D eigenvalue weighted by atomic mass is 16.5. The molecule has 8 nitrogen and oxygen atoms in total. The van der Waals surface area contributed by atoms with Gasteiger partial charge in [0, 0.05) is 6.07 Å². The van der Waals surface area contributed by atoms with Gasteiger partial charge in [-0.3, -0.25) is 4.79 Å². The van der Waals surface area contributed by atoms with Crippen molar-refractivity contribution in [1.29, 1.82) is 0 Å². The molecule has 0 aromatic carbocycles. The molecule has 3 rings (SSSR count). The highest BCUT2D eigenvalue weighted by molar-refractivity contribution is 5.91. The summed E-state index contributed by atoms with van der Waals surface area (Å²) in [4.78, 5) is 20.1. The Morgan fingerprint density at radius 2 is 2.18 bits per heavy atom. The molecule has 0 fully saturated rings. The molecule has 2 N–H and O–H groups in total. The molecule has 0 bridgehead atoms. The highest BCUT2D eigenvalue weighted by Gasteiger charge is 2.09. The minimum Gasteiger partial charge on any atom is -0.467 e. The maximum Gasteiger partial charge on any atom is 0.271 e. The summed E-state index contributed by atoms with van der Waals surface area (Å²) in [6, 6.07) is 5.26. The van der Waals surface area contributed by atoms with E-state index in [9.17, 15) is 4.79 Å². The number of furan rings is 1. The van der Waals surface area contributed by atoms with Gasteiger partial charge in [0.05, 0.1) is 25.2 Å². The number of carbonyl (C=O) groups is 1. The lowest BCUT2D eigenvalue weighted by molar-refractivity contribution is 0.0942. The van der Waals surface area contributed by atoms with Crippen molar-refractivity contribution in [2.24, 2.45) is 0 Å². The average molecular weight is 299 g/mol. The van der Waals surface area contributed by atoms with Crippen LogP contribution in [0.2, 0.25) is 0 Å². The molecular formula is C14H13N5O3. The molecule has 112 valence electrons. The Balaban J connectivity index is 1.59. The Labute approximate surface area is 125 Å². The monoisotopic (exact) mass is 299 g/mol. The first-order valence-electron chi connectivity index (χ1n) is 6.54. The number of nitrogens with one attached hydrogen (secondary N) is 2. The van der Waals surface area contributed by atoms with Gasteiger partial charge in [0.25, 0.3) is 5.91 Å². The summed E-state index contributed by atoms with van der Waals surface area (Å²) in [5.74, 6) is 2.02. The van der Waals surface area contributed by atoms with Crippen LogP contribution in [0.3, 0.4) is 0 Å². The fraction of sp³-hybridized carbons (Fsp3) is 0.143. The topological polar surface area (TPSA) is 106 Å². The smallest absolute Gasteiger partial charge is 0.271 e. The number of hydrogen-bond donors (Lipinski definition) is 2. The molecular weight excluding hydrogens is 286 g/mol. The Morgan fingerprint density at radius 1 is 1.27 bits per heavy atom. The second-order valence-electron chi connectivity index (χ2n) is 4.50. The van der Waals surface area contributed by atoms with E-state index in [0.29, 0.717) is 29.7 Å². The number of hydrogen-bond acceptors (Lipinski definition) is 7. The van der Waals surface area contributed by atoms with Crippen LogP contribution in [0.25, 0.3) is 0 Å². The molecule has 0 saturated carbocycles. The zero-order valence-corrected chi connectivity index (χ0v) is 11.7. The molecule has 1 amide bonds. The zero-order chi connectivity index (χ0) is 15.4. The van der Waals surface area contributed by atoms with Crippen LogP contribution >= 0.6 is 0 Å². The van der Waals surface area contributed by atoms with Gasteiger partial charge in [0.1, 0.15) is 23.0 Å². The second-order valence-corrected chi connectivity index (χ2v) is 4.50. The SMILES string of the molecule is Cc1cc(Nc2cnc(C(=O)NCc3ccco3)cn2)no1. The van der Waals surface area contributed by atoms with E-state index in [1.807, 2.05) is 0 Å². The molecule has 0 spiro atoms. The van der Waals surface area contributed by atoms with Crippen molar-refractivity contribution in [3.05, 3.63) is 54.1 Å². The summed E-state index contributed by atoms with van der Waals surface area (Å²) >= 11 is 0. The maximum absolute atomic E-state index is 11.9. The van der Waals surface area contributed by atoms with Crippen LogP contribution in [0.4, 0.5) is 11.6 Å². The third-order valence-electron chi connectivity index (χ3n) is 2.77. The molecule has 0 saturated heterocycles. The third kappa shape index (κ3) is 3.29. The number of nitrogens with zero attached hydrogens (tertiary/aromatic N) is 3. The van der Waals surface area contributed by atoms with Crippen LogP contribution in [0, 0.1) is 6.92 Å². The van der Waals surface area contributed by atoms with E-state index in [1.54, 1.807) is 31.4 Å². The van der Waals surface area contributed by atoms with Crippen LogP contribution in [0.15, 0.2) is 45.8 Å². The van der Waals surface area contributed by atoms with Gasteiger partial charge in [0.2, 0.25) is 0 Å². The summed E-state index contributed by atoms with van der Waals surface area (Å²) in [6.45, 7) is 2.09. The number of aryl methyl sites for hydroxylation is 1. The Kier molecular flexibility index (Phi) is 3.82. The number of amides is 1. The molecule has 8 heteroatoms. The molecule has 0 atom stereocenters. The van der Waals surface area contributed by atoms with Gasteiger partial charge in [-0.15, -0.1) is 0 Å². The van der Waals surface area contributed by atoms with Gasteiger partial charge in [0.15, 0.2) is 5.82 Å². The Bertz CT molecular complexity index is 749. The van der Waals surface area contributed by atoms with Crippen molar-refractivity contribution < 1.29 is 13.7 Å². The standard InChI is InChI=1S/C14H13N5O3/c1-9-5-12(19-22-9)18-13-8-15-11(7-16-13)14(20)17-6-10-3-2-4-21-10/h2-5,7-8H,6H2,1H3,(H,17,20)(H,16,18,19). The van der Waals surface area contributed by atoms with E-state index in [2.05, 4.69) is 25.8 Å². The number of carbonyl (C=O) groups excluding carboxylic acids is 1. The predicted molar refractivity (Wildman–Crippen MR) is 76.4 cm³/mol. The van der Waals surface area contributed by atoms with E-state index in [4.69, 9.17) is 8.94 Å². The zero-order valence-electron chi connectivity index (χ0n) is 11.7. The van der Waals surface area contributed by atoms with Gasteiger partial charge in [-0.1, -0.05) is 5.16 Å².